The van der Waals surface area contributed by atoms with Gasteiger partial charge in [0.25, 0.3) is 11.8 Å². The van der Waals surface area contributed by atoms with Crippen molar-refractivity contribution in [2.45, 2.75) is 25.8 Å². The van der Waals surface area contributed by atoms with Crippen LogP contribution in [0.5, 0.6) is 0 Å². The molecule has 3 aromatic rings. The largest absolute Gasteiger partial charge is 0.354 e. The van der Waals surface area contributed by atoms with E-state index in [1.165, 1.54) is 0 Å². The molecule has 2 aromatic heterocycles. The molecule has 0 unspecified atom stereocenters. The van der Waals surface area contributed by atoms with Crippen molar-refractivity contribution in [3.8, 4) is 0 Å². The second-order valence-electron chi connectivity index (χ2n) is 8.11. The molecule has 0 saturated carbocycles. The summed E-state index contributed by atoms with van der Waals surface area (Å²) in [6.45, 7) is 4.07. The average Bonchev–Trinajstić information content (AvgIpc) is 3.27. The monoisotopic (exact) mass is 443 g/mol. The minimum atomic E-state index is -0.256. The molecule has 168 valence electrons. The maximum Gasteiger partial charge on any atom is 0.263 e. The molecule has 33 heavy (non-hydrogen) atoms. The van der Waals surface area contributed by atoms with E-state index < -0.39 is 0 Å². The summed E-state index contributed by atoms with van der Waals surface area (Å²) in [6, 6.07) is 10.8. The van der Waals surface area contributed by atoms with Gasteiger partial charge in [-0.1, -0.05) is 6.07 Å². The molecule has 0 aliphatic carbocycles. The highest BCUT2D eigenvalue weighted by Gasteiger charge is 2.37. The first-order valence-corrected chi connectivity index (χ1v) is 11.1. The molecule has 1 atom stereocenters. The summed E-state index contributed by atoms with van der Waals surface area (Å²) in [7, 11) is 0. The van der Waals surface area contributed by atoms with Crippen LogP contribution in [0.25, 0.3) is 0 Å². The number of amides is 2. The van der Waals surface area contributed by atoms with Crippen molar-refractivity contribution >= 4 is 35.0 Å². The lowest BCUT2D eigenvalue weighted by Crippen LogP contribution is -2.39. The van der Waals surface area contributed by atoms with Gasteiger partial charge in [0.1, 0.15) is 11.4 Å². The van der Waals surface area contributed by atoms with E-state index in [0.717, 1.165) is 19.4 Å². The molecule has 0 bridgehead atoms. The minimum absolute atomic E-state index is 0.160. The zero-order valence-corrected chi connectivity index (χ0v) is 18.4. The molecule has 0 radical (unpaired) electrons. The van der Waals surface area contributed by atoms with Crippen LogP contribution in [0.1, 0.15) is 40.5 Å². The van der Waals surface area contributed by atoms with Gasteiger partial charge >= 0.3 is 0 Å². The van der Waals surface area contributed by atoms with Gasteiger partial charge in [-0.05, 0) is 50.1 Å². The number of carbonyl (C=O) groups is 2. The average molecular weight is 444 g/mol. The number of nitrogens with zero attached hydrogens (tertiary/aromatic N) is 5. The highest BCUT2D eigenvalue weighted by Crippen LogP contribution is 2.34. The Hall–Kier alpha value is -4.01. The topological polar surface area (TPSA) is 103 Å². The van der Waals surface area contributed by atoms with E-state index in [0.29, 0.717) is 47.4 Å². The number of benzene rings is 1. The Morgan fingerprint density at radius 3 is 2.94 bits per heavy atom. The van der Waals surface area contributed by atoms with E-state index in [1.807, 2.05) is 13.0 Å². The van der Waals surface area contributed by atoms with E-state index in [4.69, 9.17) is 0 Å². The predicted octanol–water partition coefficient (Wildman–Crippen LogP) is 3.18. The van der Waals surface area contributed by atoms with Crippen molar-refractivity contribution in [2.24, 2.45) is 0 Å². The second kappa shape index (κ2) is 8.85. The number of rotatable bonds is 5. The number of anilines is 4. The fourth-order valence-electron chi connectivity index (χ4n) is 4.41. The van der Waals surface area contributed by atoms with E-state index in [-0.39, 0.29) is 17.9 Å². The van der Waals surface area contributed by atoms with Crippen LogP contribution in [0.3, 0.4) is 0 Å². The molecule has 1 fully saturated rings. The number of pyridine rings is 1. The third kappa shape index (κ3) is 4.09. The Morgan fingerprint density at radius 1 is 1.21 bits per heavy atom. The Labute approximate surface area is 191 Å². The normalized spacial score (nSPS) is 17.2. The van der Waals surface area contributed by atoms with E-state index >= 15 is 0 Å². The SMILES string of the molecule is CCNc1ncc2c(n1)N1CCC[C@H]1CN(c1cccc(C(=O)Nc3cccnc3)c1)C2=O. The van der Waals surface area contributed by atoms with Gasteiger partial charge < -0.3 is 20.4 Å². The fraction of sp³-hybridized carbons (Fsp3) is 0.292. The van der Waals surface area contributed by atoms with Gasteiger partial charge in [-0.3, -0.25) is 14.6 Å². The van der Waals surface area contributed by atoms with Gasteiger partial charge in [0.15, 0.2) is 0 Å². The second-order valence-corrected chi connectivity index (χ2v) is 8.11. The van der Waals surface area contributed by atoms with Crippen molar-refractivity contribution in [3.05, 3.63) is 66.1 Å². The summed E-state index contributed by atoms with van der Waals surface area (Å²) in [5, 5.41) is 5.98. The Balaban J connectivity index is 1.47. The van der Waals surface area contributed by atoms with Gasteiger partial charge in [0.2, 0.25) is 5.95 Å². The summed E-state index contributed by atoms with van der Waals surface area (Å²) in [5.41, 5.74) is 2.24. The minimum Gasteiger partial charge on any atom is -0.354 e. The van der Waals surface area contributed by atoms with Crippen LogP contribution in [-0.2, 0) is 0 Å². The van der Waals surface area contributed by atoms with E-state index in [2.05, 4.69) is 30.5 Å². The Bertz CT molecular complexity index is 1180. The zero-order valence-electron chi connectivity index (χ0n) is 18.4. The molecular formula is C24H25N7O2. The van der Waals surface area contributed by atoms with Gasteiger partial charge in [0.05, 0.1) is 11.9 Å². The molecule has 2 amide bonds. The van der Waals surface area contributed by atoms with Gasteiger partial charge in [0, 0.05) is 49.3 Å². The zero-order chi connectivity index (χ0) is 22.8. The van der Waals surface area contributed by atoms with Crippen molar-refractivity contribution in [3.63, 3.8) is 0 Å². The molecule has 2 N–H and O–H groups in total. The van der Waals surface area contributed by atoms with Gasteiger partial charge in [-0.25, -0.2) is 4.98 Å². The number of carbonyl (C=O) groups excluding carboxylic acids is 2. The maximum absolute atomic E-state index is 13.6. The van der Waals surface area contributed by atoms with Crippen LogP contribution in [0, 0.1) is 0 Å². The quantitative estimate of drug-likeness (QED) is 0.624. The number of nitrogens with one attached hydrogen (secondary N) is 2. The van der Waals surface area contributed by atoms with Crippen LogP contribution in [0.15, 0.2) is 55.0 Å². The molecule has 9 heteroatoms. The first-order valence-electron chi connectivity index (χ1n) is 11.1. The maximum atomic E-state index is 13.6. The number of aromatic nitrogens is 3. The summed E-state index contributed by atoms with van der Waals surface area (Å²) in [6.07, 6.45) is 6.87. The highest BCUT2D eigenvalue weighted by atomic mass is 16.2. The number of hydrogen-bond acceptors (Lipinski definition) is 7. The molecule has 4 heterocycles. The van der Waals surface area contributed by atoms with Crippen molar-refractivity contribution in [2.75, 3.05) is 40.1 Å². The summed E-state index contributed by atoms with van der Waals surface area (Å²) < 4.78 is 0. The molecule has 0 spiro atoms. The lowest BCUT2D eigenvalue weighted by Gasteiger charge is -2.27. The van der Waals surface area contributed by atoms with Crippen LogP contribution >= 0.6 is 0 Å². The van der Waals surface area contributed by atoms with Crippen molar-refractivity contribution in [1.82, 2.24) is 15.0 Å². The Kier molecular flexibility index (Phi) is 5.60. The lowest BCUT2D eigenvalue weighted by molar-refractivity contribution is 0.0985. The molecule has 1 aromatic carbocycles. The number of hydrogen-bond donors (Lipinski definition) is 2. The van der Waals surface area contributed by atoms with Gasteiger partial charge in [-0.2, -0.15) is 4.98 Å². The van der Waals surface area contributed by atoms with E-state index in [1.54, 1.807) is 53.8 Å². The molecule has 2 aliphatic rings. The van der Waals surface area contributed by atoms with Crippen LogP contribution in [0.4, 0.5) is 23.1 Å². The summed E-state index contributed by atoms with van der Waals surface area (Å²) >= 11 is 0. The third-order valence-corrected chi connectivity index (χ3v) is 5.96. The smallest absolute Gasteiger partial charge is 0.263 e. The summed E-state index contributed by atoms with van der Waals surface area (Å²) in [4.78, 5) is 43.4. The van der Waals surface area contributed by atoms with Crippen LogP contribution < -0.4 is 20.4 Å². The fourth-order valence-corrected chi connectivity index (χ4v) is 4.41. The molecule has 5 rings (SSSR count). The first-order chi connectivity index (χ1) is 16.1. The third-order valence-electron chi connectivity index (χ3n) is 5.96. The molecule has 1 saturated heterocycles. The van der Waals surface area contributed by atoms with E-state index in [9.17, 15) is 9.59 Å². The first kappa shape index (κ1) is 20.9. The number of fused-ring (bicyclic) bond motifs is 3. The lowest BCUT2D eigenvalue weighted by atomic mass is 10.1. The molecular weight excluding hydrogens is 418 g/mol. The van der Waals surface area contributed by atoms with Crippen LogP contribution in [-0.4, -0.2) is 52.4 Å². The van der Waals surface area contributed by atoms with Crippen molar-refractivity contribution < 1.29 is 9.59 Å². The van der Waals surface area contributed by atoms with Crippen molar-refractivity contribution in [1.29, 1.82) is 0 Å². The van der Waals surface area contributed by atoms with Crippen LogP contribution in [0.2, 0.25) is 0 Å². The Morgan fingerprint density at radius 2 is 2.12 bits per heavy atom. The predicted molar refractivity (Wildman–Crippen MR) is 127 cm³/mol. The molecule has 2 aliphatic heterocycles. The van der Waals surface area contributed by atoms with Gasteiger partial charge in [-0.15, -0.1) is 0 Å². The highest BCUT2D eigenvalue weighted by molar-refractivity contribution is 6.11. The molecule has 9 nitrogen and oxygen atoms in total. The summed E-state index contributed by atoms with van der Waals surface area (Å²) in [5.74, 6) is 0.791. The standard InChI is InChI=1S/C24H25N7O2/c1-2-26-24-27-14-20-21(29-24)30-11-5-9-19(30)15-31(23(20)33)18-8-3-6-16(12-18)22(32)28-17-7-4-10-25-13-17/h3-4,6-8,10,12-14,19H,2,5,9,11,15H2,1H3,(H,28,32)(H,26,27,29)/t19-/m0/s1.